The minimum absolute atomic E-state index is 0.0179. The van der Waals surface area contributed by atoms with Crippen LogP contribution in [0.3, 0.4) is 0 Å². The maximum atomic E-state index is 12.3. The monoisotopic (exact) mass is 441 g/mol. The smallest absolute Gasteiger partial charge is 0.251 e. The second-order valence-electron chi connectivity index (χ2n) is 6.04. The van der Waals surface area contributed by atoms with Crippen LogP contribution in [0.5, 0.6) is 5.75 Å². The molecule has 0 saturated carbocycles. The largest absolute Gasteiger partial charge is 0.495 e. The third kappa shape index (κ3) is 5.76. The fourth-order valence-electron chi connectivity index (χ4n) is 2.40. The van der Waals surface area contributed by atoms with Crippen LogP contribution in [0.25, 0.3) is 0 Å². The second-order valence-corrected chi connectivity index (χ2v) is 9.66. The summed E-state index contributed by atoms with van der Waals surface area (Å²) in [5, 5.41) is 2.54. The molecule has 2 rings (SSSR count). The van der Waals surface area contributed by atoms with Crippen molar-refractivity contribution in [1.82, 2.24) is 14.8 Å². The Kier molecular flexibility index (Phi) is 7.36. The first-order valence-corrected chi connectivity index (χ1v) is 11.5. The van der Waals surface area contributed by atoms with Gasteiger partial charge in [0.1, 0.15) is 10.6 Å². The van der Waals surface area contributed by atoms with Gasteiger partial charge in [0.25, 0.3) is 5.91 Å². The van der Waals surface area contributed by atoms with E-state index in [0.717, 1.165) is 5.56 Å². The molecule has 0 radical (unpaired) electrons. The highest BCUT2D eigenvalue weighted by Crippen LogP contribution is 2.24. The van der Waals surface area contributed by atoms with Gasteiger partial charge in [-0.2, -0.15) is 0 Å². The van der Waals surface area contributed by atoms with Crippen LogP contribution in [0.15, 0.2) is 52.3 Å². The van der Waals surface area contributed by atoms with Crippen molar-refractivity contribution >= 4 is 26.0 Å². The second kappa shape index (κ2) is 9.35. The lowest BCUT2D eigenvalue weighted by Crippen LogP contribution is -2.34. The average molecular weight is 442 g/mol. The Morgan fingerprint density at radius 1 is 0.966 bits per heavy atom. The van der Waals surface area contributed by atoms with Crippen LogP contribution in [0.4, 0.5) is 0 Å². The highest BCUT2D eigenvalue weighted by atomic mass is 32.2. The Balaban J connectivity index is 2.01. The van der Waals surface area contributed by atoms with Gasteiger partial charge in [0.2, 0.25) is 20.0 Å². The molecule has 0 heterocycles. The standard InChI is InChI=1S/C18H23N3O6S2/c1-13-4-7-15(8-5-13)28(23,24)21-11-10-20-18(22)14-6-9-16(27-3)17(12-14)29(25,26)19-2/h4-9,12,19,21H,10-11H2,1-3H3,(H,20,22). The minimum atomic E-state index is -3.82. The van der Waals surface area contributed by atoms with E-state index in [2.05, 4.69) is 14.8 Å². The minimum Gasteiger partial charge on any atom is -0.495 e. The van der Waals surface area contributed by atoms with Crippen molar-refractivity contribution in [3.05, 3.63) is 53.6 Å². The van der Waals surface area contributed by atoms with E-state index in [4.69, 9.17) is 4.74 Å². The summed E-state index contributed by atoms with van der Waals surface area (Å²) in [6.07, 6.45) is 0. The van der Waals surface area contributed by atoms with Crippen molar-refractivity contribution in [2.45, 2.75) is 16.7 Å². The molecule has 0 atom stereocenters. The number of amides is 1. The van der Waals surface area contributed by atoms with Gasteiger partial charge in [-0.15, -0.1) is 0 Å². The van der Waals surface area contributed by atoms with Gasteiger partial charge in [-0.3, -0.25) is 4.79 Å². The molecule has 0 unspecified atom stereocenters. The number of methoxy groups -OCH3 is 1. The molecule has 1 amide bonds. The number of ether oxygens (including phenoxy) is 1. The van der Waals surface area contributed by atoms with Crippen LogP contribution in [-0.4, -0.2) is 50.0 Å². The number of benzene rings is 2. The summed E-state index contributed by atoms with van der Waals surface area (Å²) >= 11 is 0. The number of sulfonamides is 2. The molecule has 0 aliphatic carbocycles. The van der Waals surface area contributed by atoms with E-state index in [9.17, 15) is 21.6 Å². The van der Waals surface area contributed by atoms with Crippen molar-refractivity contribution in [3.8, 4) is 5.75 Å². The zero-order valence-corrected chi connectivity index (χ0v) is 17.9. The fraction of sp³-hybridized carbons (Fsp3) is 0.278. The first-order chi connectivity index (χ1) is 13.6. The lowest BCUT2D eigenvalue weighted by atomic mass is 10.2. The molecule has 11 heteroatoms. The average Bonchev–Trinajstić information content (AvgIpc) is 2.70. The van der Waals surface area contributed by atoms with Crippen LogP contribution < -0.4 is 19.5 Å². The van der Waals surface area contributed by atoms with E-state index in [-0.39, 0.29) is 34.2 Å². The van der Waals surface area contributed by atoms with E-state index in [1.807, 2.05) is 6.92 Å². The molecule has 0 aliphatic rings. The van der Waals surface area contributed by atoms with Gasteiger partial charge < -0.3 is 10.1 Å². The summed E-state index contributed by atoms with van der Waals surface area (Å²) in [6.45, 7) is 1.84. The number of hydrogen-bond donors (Lipinski definition) is 3. The molecule has 0 saturated heterocycles. The first kappa shape index (κ1) is 22.8. The SMILES string of the molecule is CNS(=O)(=O)c1cc(C(=O)NCCNS(=O)(=O)c2ccc(C)cc2)ccc1OC. The van der Waals surface area contributed by atoms with Crippen molar-refractivity contribution in [3.63, 3.8) is 0 Å². The number of hydrogen-bond acceptors (Lipinski definition) is 6. The lowest BCUT2D eigenvalue weighted by Gasteiger charge is -2.11. The number of carbonyl (C=O) groups is 1. The van der Waals surface area contributed by atoms with E-state index in [1.54, 1.807) is 12.1 Å². The summed E-state index contributed by atoms with van der Waals surface area (Å²) < 4.78 is 58.2. The van der Waals surface area contributed by atoms with Gasteiger partial charge in [-0.05, 0) is 44.3 Å². The third-order valence-electron chi connectivity index (χ3n) is 4.02. The molecule has 0 aromatic heterocycles. The Morgan fingerprint density at radius 2 is 1.62 bits per heavy atom. The van der Waals surface area contributed by atoms with E-state index in [0.29, 0.717) is 0 Å². The van der Waals surface area contributed by atoms with Crippen molar-refractivity contribution < 1.29 is 26.4 Å². The van der Waals surface area contributed by atoms with Crippen LogP contribution in [0.1, 0.15) is 15.9 Å². The summed E-state index contributed by atoms with van der Waals surface area (Å²) in [7, 11) is -4.93. The van der Waals surface area contributed by atoms with Crippen LogP contribution in [-0.2, 0) is 20.0 Å². The van der Waals surface area contributed by atoms with Gasteiger partial charge in [0.15, 0.2) is 0 Å². The molecule has 2 aromatic rings. The molecule has 0 fully saturated rings. The maximum Gasteiger partial charge on any atom is 0.251 e. The molecule has 3 N–H and O–H groups in total. The number of nitrogens with one attached hydrogen (secondary N) is 3. The number of aryl methyl sites for hydroxylation is 1. The van der Waals surface area contributed by atoms with Crippen molar-refractivity contribution in [1.29, 1.82) is 0 Å². The fourth-order valence-corrected chi connectivity index (χ4v) is 4.35. The Bertz CT molecular complexity index is 1080. The molecule has 0 aliphatic heterocycles. The predicted octanol–water partition coefficient (Wildman–Crippen LogP) is 0.620. The summed E-state index contributed by atoms with van der Waals surface area (Å²) in [5.41, 5.74) is 1.04. The van der Waals surface area contributed by atoms with Crippen molar-refractivity contribution in [2.75, 3.05) is 27.2 Å². The van der Waals surface area contributed by atoms with Gasteiger partial charge >= 0.3 is 0 Å². The molecule has 9 nitrogen and oxygen atoms in total. The van der Waals surface area contributed by atoms with Crippen molar-refractivity contribution in [2.24, 2.45) is 0 Å². The molecular formula is C18H23N3O6S2. The Morgan fingerprint density at radius 3 is 2.21 bits per heavy atom. The zero-order valence-electron chi connectivity index (χ0n) is 16.2. The van der Waals surface area contributed by atoms with E-state index < -0.39 is 26.0 Å². The van der Waals surface area contributed by atoms with Crippen LogP contribution in [0.2, 0.25) is 0 Å². The molecule has 0 spiro atoms. The highest BCUT2D eigenvalue weighted by molar-refractivity contribution is 7.89. The molecule has 2 aromatic carbocycles. The quantitative estimate of drug-likeness (QED) is 0.489. The summed E-state index contributed by atoms with van der Waals surface area (Å²) in [4.78, 5) is 12.3. The molecule has 0 bridgehead atoms. The van der Waals surface area contributed by atoms with Crippen LogP contribution in [0, 0.1) is 6.92 Å². The first-order valence-electron chi connectivity index (χ1n) is 8.57. The van der Waals surface area contributed by atoms with E-state index >= 15 is 0 Å². The maximum absolute atomic E-state index is 12.3. The Hall–Kier alpha value is -2.47. The van der Waals surface area contributed by atoms with E-state index in [1.165, 1.54) is 44.5 Å². The van der Waals surface area contributed by atoms with Gasteiger partial charge in [-0.1, -0.05) is 17.7 Å². The highest BCUT2D eigenvalue weighted by Gasteiger charge is 2.20. The zero-order chi connectivity index (χ0) is 21.7. The molecular weight excluding hydrogens is 418 g/mol. The van der Waals surface area contributed by atoms with Gasteiger partial charge in [0.05, 0.1) is 12.0 Å². The lowest BCUT2D eigenvalue weighted by molar-refractivity contribution is 0.0954. The van der Waals surface area contributed by atoms with Gasteiger partial charge in [-0.25, -0.2) is 26.3 Å². The van der Waals surface area contributed by atoms with Crippen LogP contribution >= 0.6 is 0 Å². The Labute approximate surface area is 170 Å². The topological polar surface area (TPSA) is 131 Å². The third-order valence-corrected chi connectivity index (χ3v) is 6.93. The number of carbonyl (C=O) groups excluding carboxylic acids is 1. The summed E-state index contributed by atoms with van der Waals surface area (Å²) in [6, 6.07) is 10.4. The molecule has 29 heavy (non-hydrogen) atoms. The molecule has 158 valence electrons. The van der Waals surface area contributed by atoms with Gasteiger partial charge in [0, 0.05) is 18.7 Å². The summed E-state index contributed by atoms with van der Waals surface area (Å²) in [5.74, 6) is -0.448. The normalized spacial score (nSPS) is 11.8. The predicted molar refractivity (Wildman–Crippen MR) is 108 cm³/mol. The number of rotatable bonds is 9.